The number of carbonyl (C=O) groups is 1. The maximum atomic E-state index is 13.1. The van der Waals surface area contributed by atoms with Crippen molar-refractivity contribution in [2.45, 2.75) is 64.0 Å². The lowest BCUT2D eigenvalue weighted by Crippen LogP contribution is -2.47. The van der Waals surface area contributed by atoms with Crippen LogP contribution in [0.4, 0.5) is 5.69 Å². The molecule has 1 amide bonds. The van der Waals surface area contributed by atoms with Gasteiger partial charge in [-0.25, -0.2) is 0 Å². The topological polar surface area (TPSA) is 32.3 Å². The summed E-state index contributed by atoms with van der Waals surface area (Å²) < 4.78 is 0. The number of aryl methyl sites for hydroxylation is 2. The molecule has 22 heavy (non-hydrogen) atoms. The van der Waals surface area contributed by atoms with Gasteiger partial charge in [-0.15, -0.1) is 0 Å². The van der Waals surface area contributed by atoms with Crippen molar-refractivity contribution in [1.29, 1.82) is 0 Å². The van der Waals surface area contributed by atoms with Gasteiger partial charge in [0.2, 0.25) is 5.91 Å². The fraction of sp³-hybridized carbons (Fsp3) is 0.632. The highest BCUT2D eigenvalue weighted by Gasteiger charge is 2.40. The second-order valence-electron chi connectivity index (χ2n) is 7.33. The number of carbonyl (C=O) groups excluding carboxylic acids is 1. The van der Waals surface area contributed by atoms with E-state index >= 15 is 0 Å². The Morgan fingerprint density at radius 1 is 1.23 bits per heavy atom. The Morgan fingerprint density at radius 2 is 2.09 bits per heavy atom. The number of anilines is 1. The molecule has 3 heteroatoms. The average molecular weight is 298 g/mol. The summed E-state index contributed by atoms with van der Waals surface area (Å²) in [5, 5.41) is 3.64. The average Bonchev–Trinajstić information content (AvgIpc) is 2.97. The number of amides is 1. The molecule has 0 radical (unpaired) electrons. The van der Waals surface area contributed by atoms with Crippen LogP contribution in [0.15, 0.2) is 18.2 Å². The second-order valence-corrected chi connectivity index (χ2v) is 7.33. The number of fused-ring (bicyclic) bond motifs is 2. The van der Waals surface area contributed by atoms with E-state index in [4.69, 9.17) is 0 Å². The van der Waals surface area contributed by atoms with E-state index < -0.39 is 0 Å². The van der Waals surface area contributed by atoms with E-state index in [9.17, 15) is 4.79 Å². The zero-order valence-corrected chi connectivity index (χ0v) is 13.5. The molecule has 0 spiro atoms. The fourth-order valence-corrected chi connectivity index (χ4v) is 4.65. The molecule has 3 nitrogen and oxygen atoms in total. The van der Waals surface area contributed by atoms with Gasteiger partial charge in [0.25, 0.3) is 0 Å². The van der Waals surface area contributed by atoms with Crippen molar-refractivity contribution in [2.75, 3.05) is 11.4 Å². The van der Waals surface area contributed by atoms with Gasteiger partial charge in [0.15, 0.2) is 0 Å². The van der Waals surface area contributed by atoms with Crippen LogP contribution < -0.4 is 10.2 Å². The van der Waals surface area contributed by atoms with Gasteiger partial charge in [-0.3, -0.25) is 4.79 Å². The molecule has 2 aliphatic heterocycles. The summed E-state index contributed by atoms with van der Waals surface area (Å²) in [6.45, 7) is 3.01. The van der Waals surface area contributed by atoms with Gasteiger partial charge >= 0.3 is 0 Å². The van der Waals surface area contributed by atoms with E-state index in [0.29, 0.717) is 11.9 Å². The number of rotatable bonds is 1. The monoisotopic (exact) mass is 298 g/mol. The van der Waals surface area contributed by atoms with E-state index in [-0.39, 0.29) is 6.04 Å². The molecule has 1 aliphatic carbocycles. The highest BCUT2D eigenvalue weighted by Crippen LogP contribution is 2.35. The smallest absolute Gasteiger partial charge is 0.244 e. The number of benzene rings is 1. The molecule has 1 saturated carbocycles. The molecule has 3 atom stereocenters. The molecule has 4 rings (SSSR count). The van der Waals surface area contributed by atoms with E-state index in [1.54, 1.807) is 0 Å². The van der Waals surface area contributed by atoms with Crippen LogP contribution in [0.2, 0.25) is 0 Å². The van der Waals surface area contributed by atoms with Crippen molar-refractivity contribution >= 4 is 11.6 Å². The molecule has 3 aliphatic rings. The first-order valence-corrected chi connectivity index (χ1v) is 8.89. The van der Waals surface area contributed by atoms with Crippen molar-refractivity contribution in [3.63, 3.8) is 0 Å². The Hall–Kier alpha value is -1.35. The maximum Gasteiger partial charge on any atom is 0.244 e. The minimum absolute atomic E-state index is 0.0420. The van der Waals surface area contributed by atoms with Gasteiger partial charge in [-0.05, 0) is 56.6 Å². The first-order chi connectivity index (χ1) is 10.7. The molecule has 0 bridgehead atoms. The quantitative estimate of drug-likeness (QED) is 0.863. The zero-order valence-electron chi connectivity index (χ0n) is 13.5. The predicted molar refractivity (Wildman–Crippen MR) is 89.1 cm³/mol. The highest BCUT2D eigenvalue weighted by molar-refractivity contribution is 5.98. The van der Waals surface area contributed by atoms with Crippen LogP contribution in [-0.2, 0) is 11.2 Å². The number of nitrogens with one attached hydrogen (secondary N) is 1. The summed E-state index contributed by atoms with van der Waals surface area (Å²) in [7, 11) is 0. The molecule has 1 aromatic carbocycles. The van der Waals surface area contributed by atoms with Crippen LogP contribution in [0, 0.1) is 12.8 Å². The number of hydrogen-bond donors (Lipinski definition) is 1. The van der Waals surface area contributed by atoms with Crippen LogP contribution in [0.1, 0.15) is 49.7 Å². The lowest BCUT2D eigenvalue weighted by Gasteiger charge is -2.32. The molecule has 1 saturated heterocycles. The summed E-state index contributed by atoms with van der Waals surface area (Å²) in [6, 6.07) is 7.15. The van der Waals surface area contributed by atoms with Gasteiger partial charge < -0.3 is 10.2 Å². The molecule has 1 aromatic rings. The third kappa shape index (κ3) is 2.45. The van der Waals surface area contributed by atoms with Crippen molar-refractivity contribution in [2.24, 2.45) is 5.92 Å². The van der Waals surface area contributed by atoms with E-state index in [2.05, 4.69) is 30.4 Å². The van der Waals surface area contributed by atoms with Crippen LogP contribution in [0.3, 0.4) is 0 Å². The second kappa shape index (κ2) is 5.69. The first-order valence-electron chi connectivity index (χ1n) is 8.89. The Balaban J connectivity index is 1.54. The molecule has 2 heterocycles. The SMILES string of the molecule is Cc1ccc2c(c1)CCCN2C(=O)C1CC2CCCCC2N1. The van der Waals surface area contributed by atoms with Gasteiger partial charge in [-0.1, -0.05) is 30.5 Å². The largest absolute Gasteiger partial charge is 0.311 e. The van der Waals surface area contributed by atoms with Crippen LogP contribution in [-0.4, -0.2) is 24.5 Å². The van der Waals surface area contributed by atoms with Crippen molar-refractivity contribution in [3.8, 4) is 0 Å². The Bertz CT molecular complexity index is 569. The Labute approximate surface area is 133 Å². The van der Waals surface area contributed by atoms with E-state index in [1.165, 1.54) is 36.8 Å². The Kier molecular flexibility index (Phi) is 3.69. The van der Waals surface area contributed by atoms with Gasteiger partial charge in [0, 0.05) is 18.3 Å². The maximum absolute atomic E-state index is 13.1. The van der Waals surface area contributed by atoms with Crippen LogP contribution in [0.25, 0.3) is 0 Å². The highest BCUT2D eigenvalue weighted by atomic mass is 16.2. The molecular formula is C19H26N2O. The minimum Gasteiger partial charge on any atom is -0.311 e. The van der Waals surface area contributed by atoms with Crippen molar-refractivity contribution in [1.82, 2.24) is 5.32 Å². The molecule has 1 N–H and O–H groups in total. The zero-order chi connectivity index (χ0) is 15.1. The normalized spacial score (nSPS) is 30.8. The molecule has 0 aromatic heterocycles. The van der Waals surface area contributed by atoms with Crippen LogP contribution >= 0.6 is 0 Å². The predicted octanol–water partition coefficient (Wildman–Crippen LogP) is 3.19. The number of nitrogens with zero attached hydrogens (tertiary/aromatic N) is 1. The van der Waals surface area contributed by atoms with Crippen molar-refractivity contribution in [3.05, 3.63) is 29.3 Å². The molecule has 3 unspecified atom stereocenters. The summed E-state index contributed by atoms with van der Waals surface area (Å²) >= 11 is 0. The lowest BCUT2D eigenvalue weighted by molar-refractivity contribution is -0.120. The van der Waals surface area contributed by atoms with E-state index in [1.807, 2.05) is 4.90 Å². The van der Waals surface area contributed by atoms with Gasteiger partial charge in [0.1, 0.15) is 0 Å². The third-order valence-corrected chi connectivity index (χ3v) is 5.78. The summed E-state index contributed by atoms with van der Waals surface area (Å²) in [6.07, 6.45) is 8.45. The minimum atomic E-state index is 0.0420. The van der Waals surface area contributed by atoms with Gasteiger partial charge in [0.05, 0.1) is 6.04 Å². The third-order valence-electron chi connectivity index (χ3n) is 5.78. The van der Waals surface area contributed by atoms with Gasteiger partial charge in [-0.2, -0.15) is 0 Å². The lowest BCUT2D eigenvalue weighted by atomic mass is 9.85. The molecule has 2 fully saturated rings. The van der Waals surface area contributed by atoms with Crippen molar-refractivity contribution < 1.29 is 4.79 Å². The number of hydrogen-bond acceptors (Lipinski definition) is 2. The summed E-state index contributed by atoms with van der Waals surface area (Å²) in [5.41, 5.74) is 3.78. The van der Waals surface area contributed by atoms with Crippen LogP contribution in [0.5, 0.6) is 0 Å². The summed E-state index contributed by atoms with van der Waals surface area (Å²) in [4.78, 5) is 15.1. The van der Waals surface area contributed by atoms with E-state index in [0.717, 1.165) is 37.4 Å². The summed E-state index contributed by atoms with van der Waals surface area (Å²) in [5.74, 6) is 1.03. The molecule has 118 valence electrons. The first kappa shape index (κ1) is 14.3. The molecular weight excluding hydrogens is 272 g/mol. The standard InChI is InChI=1S/C19H26N2O/c1-13-8-9-18-15(11-13)6-4-10-21(18)19(22)17-12-14-5-2-3-7-16(14)20-17/h8-9,11,14,16-17,20H,2-7,10,12H2,1H3. The fourth-order valence-electron chi connectivity index (χ4n) is 4.65. The Morgan fingerprint density at radius 3 is 2.95 bits per heavy atom.